The molecule has 54 valence electrons. The molecule has 0 saturated carbocycles. The zero-order valence-corrected chi connectivity index (χ0v) is 5.92. The van der Waals surface area contributed by atoms with Crippen LogP contribution < -0.4 is 5.32 Å². The first-order valence-electron chi connectivity index (χ1n) is 3.00. The van der Waals surface area contributed by atoms with Crippen LogP contribution in [0.4, 0.5) is 0 Å². The Morgan fingerprint density at radius 3 is 3.00 bits per heavy atom. The number of hydrogen-bond acceptors (Lipinski definition) is 2. The number of carbonyl (C=O) groups is 1. The third-order valence-electron chi connectivity index (χ3n) is 0.972. The van der Waals surface area contributed by atoms with Gasteiger partial charge in [-0.25, -0.2) is 0 Å². The van der Waals surface area contributed by atoms with Crippen LogP contribution >= 0.6 is 0 Å². The van der Waals surface area contributed by atoms with Crippen molar-refractivity contribution in [3.8, 4) is 6.07 Å². The maximum Gasteiger partial charge on any atom is 0.243 e. The molecule has 0 aromatic rings. The summed E-state index contributed by atoms with van der Waals surface area (Å²) in [5.74, 6) is -0.234. The highest BCUT2D eigenvalue weighted by Gasteiger charge is 2.01. The zero-order valence-electron chi connectivity index (χ0n) is 5.92. The van der Waals surface area contributed by atoms with E-state index in [1.165, 1.54) is 6.08 Å². The van der Waals surface area contributed by atoms with Gasteiger partial charge in [0.05, 0.1) is 12.5 Å². The minimum absolute atomic E-state index is 0.0875. The van der Waals surface area contributed by atoms with E-state index in [1.54, 1.807) is 6.92 Å². The molecular formula is C7H10N2O. The van der Waals surface area contributed by atoms with Gasteiger partial charge in [-0.2, -0.15) is 5.26 Å². The Morgan fingerprint density at radius 2 is 2.60 bits per heavy atom. The SMILES string of the molecule is C=CC(=O)NC(C)CC#N. The second-order valence-electron chi connectivity index (χ2n) is 1.98. The standard InChI is InChI=1S/C7H10N2O/c1-3-7(10)9-6(2)4-5-8/h3,6H,1,4H2,2H3,(H,9,10). The van der Waals surface area contributed by atoms with Crippen LogP contribution in [0.5, 0.6) is 0 Å². The van der Waals surface area contributed by atoms with E-state index in [9.17, 15) is 4.79 Å². The van der Waals surface area contributed by atoms with Crippen LogP contribution in [0, 0.1) is 11.3 Å². The molecule has 0 radical (unpaired) electrons. The average Bonchev–Trinajstić information content (AvgIpc) is 1.88. The summed E-state index contributed by atoms with van der Waals surface area (Å²) in [6.45, 7) is 5.05. The van der Waals surface area contributed by atoms with Crippen LogP contribution in [0.3, 0.4) is 0 Å². The summed E-state index contributed by atoms with van der Waals surface area (Å²) < 4.78 is 0. The van der Waals surface area contributed by atoms with Crippen LogP contribution in [-0.2, 0) is 4.79 Å². The summed E-state index contributed by atoms with van der Waals surface area (Å²) in [6, 6.07) is 1.86. The fraction of sp³-hybridized carbons (Fsp3) is 0.429. The van der Waals surface area contributed by atoms with Crippen LogP contribution in [0.1, 0.15) is 13.3 Å². The van der Waals surface area contributed by atoms with Crippen LogP contribution in [0.25, 0.3) is 0 Å². The molecule has 0 aromatic heterocycles. The van der Waals surface area contributed by atoms with Crippen molar-refractivity contribution in [2.75, 3.05) is 0 Å². The quantitative estimate of drug-likeness (QED) is 0.580. The lowest BCUT2D eigenvalue weighted by Gasteiger charge is -2.06. The number of nitriles is 1. The zero-order chi connectivity index (χ0) is 7.98. The number of amides is 1. The van der Waals surface area contributed by atoms with Crippen molar-refractivity contribution in [3.05, 3.63) is 12.7 Å². The second-order valence-corrected chi connectivity index (χ2v) is 1.98. The Balaban J connectivity index is 3.58. The topological polar surface area (TPSA) is 52.9 Å². The van der Waals surface area contributed by atoms with E-state index in [2.05, 4.69) is 11.9 Å². The molecule has 10 heavy (non-hydrogen) atoms. The minimum atomic E-state index is -0.234. The first-order chi connectivity index (χ1) is 4.70. The van der Waals surface area contributed by atoms with Crippen molar-refractivity contribution in [2.24, 2.45) is 0 Å². The Morgan fingerprint density at radius 1 is 2.00 bits per heavy atom. The van der Waals surface area contributed by atoms with E-state index >= 15 is 0 Å². The number of hydrogen-bond donors (Lipinski definition) is 1. The third kappa shape index (κ3) is 3.67. The number of carbonyl (C=O) groups excluding carboxylic acids is 1. The molecule has 0 bridgehead atoms. The van der Waals surface area contributed by atoms with E-state index in [0.717, 1.165) is 0 Å². The molecule has 3 heteroatoms. The molecule has 0 aliphatic carbocycles. The van der Waals surface area contributed by atoms with Gasteiger partial charge in [-0.05, 0) is 13.0 Å². The average molecular weight is 138 g/mol. The van der Waals surface area contributed by atoms with E-state index in [1.807, 2.05) is 6.07 Å². The molecule has 0 aromatic carbocycles. The molecular weight excluding hydrogens is 128 g/mol. The summed E-state index contributed by atoms with van der Waals surface area (Å²) in [6.07, 6.45) is 1.52. The summed E-state index contributed by atoms with van der Waals surface area (Å²) in [5.41, 5.74) is 0. The van der Waals surface area contributed by atoms with Crippen molar-refractivity contribution < 1.29 is 4.79 Å². The largest absolute Gasteiger partial charge is 0.349 e. The smallest absolute Gasteiger partial charge is 0.243 e. The first kappa shape index (κ1) is 8.70. The monoisotopic (exact) mass is 138 g/mol. The lowest BCUT2D eigenvalue weighted by Crippen LogP contribution is -2.30. The molecule has 0 aliphatic rings. The molecule has 0 aliphatic heterocycles. The summed E-state index contributed by atoms with van der Waals surface area (Å²) >= 11 is 0. The van der Waals surface area contributed by atoms with E-state index in [0.29, 0.717) is 6.42 Å². The van der Waals surface area contributed by atoms with Gasteiger partial charge < -0.3 is 5.32 Å². The van der Waals surface area contributed by atoms with E-state index < -0.39 is 0 Å². The van der Waals surface area contributed by atoms with Crippen molar-refractivity contribution in [1.29, 1.82) is 5.26 Å². The molecule has 0 spiro atoms. The van der Waals surface area contributed by atoms with Gasteiger partial charge in [-0.15, -0.1) is 0 Å². The Kier molecular flexibility index (Phi) is 3.97. The summed E-state index contributed by atoms with van der Waals surface area (Å²) in [4.78, 5) is 10.6. The van der Waals surface area contributed by atoms with Crippen LogP contribution in [0.2, 0.25) is 0 Å². The summed E-state index contributed by atoms with van der Waals surface area (Å²) in [7, 11) is 0. The molecule has 1 unspecified atom stereocenters. The molecule has 0 heterocycles. The molecule has 0 fully saturated rings. The molecule has 0 saturated heterocycles. The highest BCUT2D eigenvalue weighted by molar-refractivity contribution is 5.87. The van der Waals surface area contributed by atoms with E-state index in [-0.39, 0.29) is 11.9 Å². The van der Waals surface area contributed by atoms with Crippen LogP contribution in [-0.4, -0.2) is 11.9 Å². The lowest BCUT2D eigenvalue weighted by molar-refractivity contribution is -0.117. The van der Waals surface area contributed by atoms with Gasteiger partial charge in [0.1, 0.15) is 0 Å². The highest BCUT2D eigenvalue weighted by atomic mass is 16.1. The molecule has 1 atom stereocenters. The third-order valence-corrected chi connectivity index (χ3v) is 0.972. The maximum atomic E-state index is 10.6. The fourth-order valence-corrected chi connectivity index (χ4v) is 0.490. The normalized spacial score (nSPS) is 11.2. The van der Waals surface area contributed by atoms with Crippen molar-refractivity contribution in [1.82, 2.24) is 5.32 Å². The van der Waals surface area contributed by atoms with Gasteiger partial charge in [-0.3, -0.25) is 4.79 Å². The van der Waals surface area contributed by atoms with Crippen LogP contribution in [0.15, 0.2) is 12.7 Å². The van der Waals surface area contributed by atoms with E-state index in [4.69, 9.17) is 5.26 Å². The minimum Gasteiger partial charge on any atom is -0.349 e. The maximum absolute atomic E-state index is 10.6. The number of nitrogens with one attached hydrogen (secondary N) is 1. The second kappa shape index (κ2) is 4.57. The highest BCUT2D eigenvalue weighted by Crippen LogP contribution is 1.86. The van der Waals surface area contributed by atoms with Gasteiger partial charge in [-0.1, -0.05) is 6.58 Å². The Bertz CT molecular complexity index is 169. The Hall–Kier alpha value is -1.30. The molecule has 3 nitrogen and oxygen atoms in total. The van der Waals surface area contributed by atoms with Gasteiger partial charge in [0.2, 0.25) is 5.91 Å². The molecule has 1 amide bonds. The number of rotatable bonds is 3. The van der Waals surface area contributed by atoms with Gasteiger partial charge >= 0.3 is 0 Å². The predicted molar refractivity (Wildman–Crippen MR) is 38.0 cm³/mol. The van der Waals surface area contributed by atoms with Gasteiger partial charge in [0.25, 0.3) is 0 Å². The van der Waals surface area contributed by atoms with Gasteiger partial charge in [0, 0.05) is 6.04 Å². The van der Waals surface area contributed by atoms with Crippen molar-refractivity contribution in [3.63, 3.8) is 0 Å². The molecule has 1 N–H and O–H groups in total. The lowest BCUT2D eigenvalue weighted by atomic mass is 10.2. The van der Waals surface area contributed by atoms with Gasteiger partial charge in [0.15, 0.2) is 0 Å². The number of nitrogens with zero attached hydrogens (tertiary/aromatic N) is 1. The van der Waals surface area contributed by atoms with Crippen molar-refractivity contribution in [2.45, 2.75) is 19.4 Å². The first-order valence-corrected chi connectivity index (χ1v) is 3.00. The van der Waals surface area contributed by atoms with Crippen molar-refractivity contribution >= 4 is 5.91 Å². The molecule has 0 rings (SSSR count). The summed E-state index contributed by atoms with van der Waals surface area (Å²) in [5, 5.41) is 10.7. The fourth-order valence-electron chi connectivity index (χ4n) is 0.490. The predicted octanol–water partition coefficient (Wildman–Crippen LogP) is 0.591. The Labute approximate surface area is 60.3 Å².